The first-order valence-electron chi connectivity index (χ1n) is 9.59. The molecule has 0 atom stereocenters. The molecule has 0 aliphatic carbocycles. The summed E-state index contributed by atoms with van der Waals surface area (Å²) in [6.45, 7) is 8.84. The number of carbonyl (C=O) groups is 1. The van der Waals surface area contributed by atoms with Gasteiger partial charge in [-0.15, -0.1) is 5.10 Å². The fraction of sp³-hybridized carbons (Fsp3) is 0.318. The van der Waals surface area contributed by atoms with Crippen molar-refractivity contribution in [2.24, 2.45) is 0 Å². The zero-order valence-corrected chi connectivity index (χ0v) is 17.1. The topological polar surface area (TPSA) is 86.5 Å². The van der Waals surface area contributed by atoms with Crippen molar-refractivity contribution < 1.29 is 18.7 Å². The molecular weight excluding hydrogens is 370 g/mol. The second-order valence-electron chi connectivity index (χ2n) is 6.59. The maximum Gasteiger partial charge on any atom is 0.322 e. The summed E-state index contributed by atoms with van der Waals surface area (Å²) in [4.78, 5) is 12.6. The van der Waals surface area contributed by atoms with E-state index < -0.39 is 0 Å². The Morgan fingerprint density at radius 2 is 1.76 bits per heavy atom. The third-order valence-electron chi connectivity index (χ3n) is 4.33. The summed E-state index contributed by atoms with van der Waals surface area (Å²) < 4.78 is 16.7. The van der Waals surface area contributed by atoms with Gasteiger partial charge in [0.05, 0.1) is 19.6 Å². The predicted molar refractivity (Wildman–Crippen MR) is 110 cm³/mol. The van der Waals surface area contributed by atoms with Gasteiger partial charge in [-0.2, -0.15) is 0 Å². The standard InChI is InChI=1S/C22H25N3O4/c1-5-27-18-10-9-17(12-19(18)28-6-2)21(26)23-22-25-24-20(29-22)13-16-8-7-14(3)11-15(16)4/h7-12H,5-6,13H2,1-4H3,(H,23,25,26). The van der Waals surface area contributed by atoms with Gasteiger partial charge in [0.25, 0.3) is 5.91 Å². The van der Waals surface area contributed by atoms with E-state index >= 15 is 0 Å². The lowest BCUT2D eigenvalue weighted by atomic mass is 10.0. The molecule has 1 N–H and O–H groups in total. The minimum absolute atomic E-state index is 0.0570. The molecule has 0 aliphatic heterocycles. The molecule has 7 heteroatoms. The summed E-state index contributed by atoms with van der Waals surface area (Å²) in [5.74, 6) is 1.19. The van der Waals surface area contributed by atoms with Crippen molar-refractivity contribution in [3.63, 3.8) is 0 Å². The van der Waals surface area contributed by atoms with Gasteiger partial charge < -0.3 is 13.9 Å². The quantitative estimate of drug-likeness (QED) is 0.611. The van der Waals surface area contributed by atoms with Gasteiger partial charge in [-0.1, -0.05) is 28.9 Å². The monoisotopic (exact) mass is 395 g/mol. The molecule has 0 bridgehead atoms. The van der Waals surface area contributed by atoms with Crippen LogP contribution in [0.4, 0.5) is 6.01 Å². The molecule has 0 radical (unpaired) electrons. The van der Waals surface area contributed by atoms with Gasteiger partial charge in [-0.05, 0) is 57.0 Å². The molecule has 0 aliphatic rings. The van der Waals surface area contributed by atoms with Crippen LogP contribution in [0.15, 0.2) is 40.8 Å². The normalized spacial score (nSPS) is 10.6. The van der Waals surface area contributed by atoms with Crippen molar-refractivity contribution in [2.75, 3.05) is 18.5 Å². The molecule has 29 heavy (non-hydrogen) atoms. The highest BCUT2D eigenvalue weighted by Crippen LogP contribution is 2.29. The summed E-state index contributed by atoms with van der Waals surface area (Å²) >= 11 is 0. The SMILES string of the molecule is CCOc1ccc(C(=O)Nc2nnc(Cc3ccc(C)cc3C)o2)cc1OCC. The molecule has 1 amide bonds. The van der Waals surface area contributed by atoms with E-state index in [9.17, 15) is 4.79 Å². The highest BCUT2D eigenvalue weighted by molar-refractivity contribution is 6.03. The molecular formula is C22H25N3O4. The summed E-state index contributed by atoms with van der Waals surface area (Å²) in [5.41, 5.74) is 3.87. The second kappa shape index (κ2) is 9.23. The molecule has 7 nitrogen and oxygen atoms in total. The van der Waals surface area contributed by atoms with Crippen LogP contribution in [-0.4, -0.2) is 29.3 Å². The number of hydrogen-bond acceptors (Lipinski definition) is 6. The Balaban J connectivity index is 1.70. The van der Waals surface area contributed by atoms with Gasteiger partial charge in [-0.3, -0.25) is 10.1 Å². The zero-order chi connectivity index (χ0) is 20.8. The molecule has 0 unspecified atom stereocenters. The number of aryl methyl sites for hydroxylation is 2. The average molecular weight is 395 g/mol. The lowest BCUT2D eigenvalue weighted by Gasteiger charge is -2.11. The lowest BCUT2D eigenvalue weighted by molar-refractivity contribution is 0.102. The fourth-order valence-electron chi connectivity index (χ4n) is 2.94. The van der Waals surface area contributed by atoms with Crippen LogP contribution in [0.2, 0.25) is 0 Å². The number of nitrogens with zero attached hydrogens (tertiary/aromatic N) is 2. The van der Waals surface area contributed by atoms with Crippen LogP contribution in [-0.2, 0) is 6.42 Å². The second-order valence-corrected chi connectivity index (χ2v) is 6.59. The summed E-state index contributed by atoms with van der Waals surface area (Å²) in [6.07, 6.45) is 0.506. The van der Waals surface area contributed by atoms with Crippen molar-refractivity contribution in [1.82, 2.24) is 10.2 Å². The number of anilines is 1. The maximum absolute atomic E-state index is 12.6. The Hall–Kier alpha value is -3.35. The average Bonchev–Trinajstić information content (AvgIpc) is 3.12. The molecule has 0 saturated heterocycles. The van der Waals surface area contributed by atoms with Crippen molar-refractivity contribution in [2.45, 2.75) is 34.1 Å². The van der Waals surface area contributed by atoms with E-state index in [-0.39, 0.29) is 11.9 Å². The zero-order valence-electron chi connectivity index (χ0n) is 17.1. The number of benzene rings is 2. The third-order valence-corrected chi connectivity index (χ3v) is 4.33. The van der Waals surface area contributed by atoms with Gasteiger partial charge in [0.2, 0.25) is 5.89 Å². The number of hydrogen-bond donors (Lipinski definition) is 1. The first-order valence-corrected chi connectivity index (χ1v) is 9.59. The summed E-state index contributed by atoms with van der Waals surface area (Å²) in [5, 5.41) is 10.6. The first kappa shape index (κ1) is 20.4. The van der Waals surface area contributed by atoms with Gasteiger partial charge >= 0.3 is 6.01 Å². The Labute approximate surface area is 170 Å². The number of carbonyl (C=O) groups excluding carboxylic acids is 1. The summed E-state index contributed by atoms with van der Waals surface area (Å²) in [6, 6.07) is 11.3. The van der Waals surface area contributed by atoms with Gasteiger partial charge in [0.1, 0.15) is 0 Å². The van der Waals surface area contributed by atoms with Crippen molar-refractivity contribution >= 4 is 11.9 Å². The number of nitrogens with one attached hydrogen (secondary N) is 1. The Bertz CT molecular complexity index is 997. The smallest absolute Gasteiger partial charge is 0.322 e. The molecule has 0 fully saturated rings. The Kier molecular flexibility index (Phi) is 6.49. The Morgan fingerprint density at radius 1 is 1.00 bits per heavy atom. The summed E-state index contributed by atoms with van der Waals surface area (Å²) in [7, 11) is 0. The predicted octanol–water partition coefficient (Wildman–Crippen LogP) is 4.33. The number of ether oxygens (including phenoxy) is 2. The lowest BCUT2D eigenvalue weighted by Crippen LogP contribution is -2.12. The minimum atomic E-state index is -0.365. The van der Waals surface area contributed by atoms with E-state index in [1.807, 2.05) is 32.9 Å². The van der Waals surface area contributed by atoms with E-state index in [1.165, 1.54) is 5.56 Å². The molecule has 1 aromatic heterocycles. The van der Waals surface area contributed by atoms with Crippen LogP contribution in [0.3, 0.4) is 0 Å². The minimum Gasteiger partial charge on any atom is -0.490 e. The van der Waals surface area contributed by atoms with Crippen LogP contribution in [0.1, 0.15) is 46.8 Å². The van der Waals surface area contributed by atoms with Gasteiger partial charge in [0, 0.05) is 5.56 Å². The Morgan fingerprint density at radius 3 is 2.48 bits per heavy atom. The molecule has 152 valence electrons. The van der Waals surface area contributed by atoms with Crippen LogP contribution < -0.4 is 14.8 Å². The highest BCUT2D eigenvalue weighted by Gasteiger charge is 2.15. The first-order chi connectivity index (χ1) is 14.0. The number of rotatable bonds is 8. The third kappa shape index (κ3) is 5.13. The van der Waals surface area contributed by atoms with Crippen LogP contribution in [0, 0.1) is 13.8 Å². The van der Waals surface area contributed by atoms with Crippen LogP contribution in [0.25, 0.3) is 0 Å². The molecule has 1 heterocycles. The van der Waals surface area contributed by atoms with E-state index in [1.54, 1.807) is 18.2 Å². The fourth-order valence-corrected chi connectivity index (χ4v) is 2.94. The van der Waals surface area contributed by atoms with E-state index in [2.05, 4.69) is 28.5 Å². The maximum atomic E-state index is 12.6. The van der Waals surface area contributed by atoms with E-state index in [4.69, 9.17) is 13.9 Å². The van der Waals surface area contributed by atoms with Crippen LogP contribution >= 0.6 is 0 Å². The van der Waals surface area contributed by atoms with Gasteiger partial charge in [0.15, 0.2) is 11.5 Å². The number of amides is 1. The van der Waals surface area contributed by atoms with Crippen molar-refractivity contribution in [1.29, 1.82) is 0 Å². The largest absolute Gasteiger partial charge is 0.490 e. The van der Waals surface area contributed by atoms with E-state index in [0.29, 0.717) is 42.6 Å². The molecule has 3 aromatic rings. The number of aromatic nitrogens is 2. The van der Waals surface area contributed by atoms with Crippen molar-refractivity contribution in [3.05, 3.63) is 64.5 Å². The van der Waals surface area contributed by atoms with Crippen LogP contribution in [0.5, 0.6) is 11.5 Å². The van der Waals surface area contributed by atoms with Gasteiger partial charge in [-0.25, -0.2) is 0 Å². The molecule has 0 spiro atoms. The van der Waals surface area contributed by atoms with E-state index in [0.717, 1.165) is 11.1 Å². The van der Waals surface area contributed by atoms with Crippen molar-refractivity contribution in [3.8, 4) is 11.5 Å². The molecule has 2 aromatic carbocycles. The highest BCUT2D eigenvalue weighted by atomic mass is 16.5. The molecule has 0 saturated carbocycles. The molecule has 3 rings (SSSR count).